The third-order valence-corrected chi connectivity index (χ3v) is 1.41. The average Bonchev–Trinajstić information content (AvgIpc) is 2.57. The molecule has 0 saturated heterocycles. The second-order valence-electron chi connectivity index (χ2n) is 2.19. The Bertz CT molecular complexity index is 376. The number of halogens is 1. The number of nitrogens with zero attached hydrogens (tertiary/aromatic N) is 4. The Morgan fingerprint density at radius 1 is 1.31 bits per heavy atom. The van der Waals surface area contributed by atoms with Crippen molar-refractivity contribution in [2.75, 3.05) is 0 Å². The van der Waals surface area contributed by atoms with E-state index < -0.39 is 0 Å². The molecule has 0 fully saturated rings. The quantitative estimate of drug-likeness (QED) is 0.736. The van der Waals surface area contributed by atoms with Crippen molar-refractivity contribution in [3.63, 3.8) is 0 Å². The maximum Gasteiger partial charge on any atom is 0.197 e. The summed E-state index contributed by atoms with van der Waals surface area (Å²) in [7, 11) is 0. The van der Waals surface area contributed by atoms with E-state index in [0.717, 1.165) is 0 Å². The van der Waals surface area contributed by atoms with Gasteiger partial charge in [-0.05, 0) is 12.1 Å². The fraction of sp³-hybridized carbons (Fsp3) is 0. The summed E-state index contributed by atoms with van der Waals surface area (Å²) in [4.78, 5) is 3.93. The highest BCUT2D eigenvalue weighted by Gasteiger charge is 2.02. The molecule has 0 bridgehead atoms. The van der Waals surface area contributed by atoms with Crippen LogP contribution < -0.4 is 0 Å². The van der Waals surface area contributed by atoms with Gasteiger partial charge in [-0.1, -0.05) is 5.21 Å². The maximum absolute atomic E-state index is 9.33. The molecule has 2 rings (SSSR count). The SMILES string of the molecule is Cl.Oc1cccnc1-n1ccnn1. The predicted molar refractivity (Wildman–Crippen MR) is 48.1 cm³/mol. The first kappa shape index (κ1) is 9.47. The Labute approximate surface area is 80.5 Å². The summed E-state index contributed by atoms with van der Waals surface area (Å²) < 4.78 is 1.40. The van der Waals surface area contributed by atoms with E-state index in [2.05, 4.69) is 15.3 Å². The Kier molecular flexibility index (Phi) is 2.81. The van der Waals surface area contributed by atoms with Crippen molar-refractivity contribution in [3.05, 3.63) is 30.7 Å². The Hall–Kier alpha value is -1.62. The van der Waals surface area contributed by atoms with Crippen molar-refractivity contribution in [2.45, 2.75) is 0 Å². The largest absolute Gasteiger partial charge is 0.504 e. The number of aromatic hydroxyl groups is 1. The van der Waals surface area contributed by atoms with Crippen LogP contribution in [-0.4, -0.2) is 25.1 Å². The summed E-state index contributed by atoms with van der Waals surface area (Å²) in [5.41, 5.74) is 0. The molecule has 0 amide bonds. The van der Waals surface area contributed by atoms with E-state index in [-0.39, 0.29) is 18.2 Å². The molecule has 5 nitrogen and oxygen atoms in total. The van der Waals surface area contributed by atoms with Crippen molar-refractivity contribution in [1.82, 2.24) is 20.0 Å². The first-order valence-electron chi connectivity index (χ1n) is 3.38. The Balaban J connectivity index is 0.000000845. The van der Waals surface area contributed by atoms with Gasteiger partial charge in [-0.2, -0.15) is 4.68 Å². The molecule has 0 spiro atoms. The summed E-state index contributed by atoms with van der Waals surface area (Å²) in [5, 5.41) is 16.6. The minimum absolute atomic E-state index is 0. The van der Waals surface area contributed by atoms with E-state index in [1.54, 1.807) is 24.5 Å². The lowest BCUT2D eigenvalue weighted by molar-refractivity contribution is 0.466. The summed E-state index contributed by atoms with van der Waals surface area (Å²) in [5.74, 6) is 0.470. The van der Waals surface area contributed by atoms with E-state index in [1.165, 1.54) is 10.9 Å². The van der Waals surface area contributed by atoms with Crippen LogP contribution in [0.5, 0.6) is 5.75 Å². The Morgan fingerprint density at radius 2 is 2.15 bits per heavy atom. The van der Waals surface area contributed by atoms with Crippen molar-refractivity contribution < 1.29 is 5.11 Å². The van der Waals surface area contributed by atoms with E-state index in [1.807, 2.05) is 0 Å². The molecule has 0 aliphatic rings. The third kappa shape index (κ3) is 1.75. The van der Waals surface area contributed by atoms with Crippen LogP contribution in [0.1, 0.15) is 0 Å². The molecular weight excluding hydrogens is 192 g/mol. The lowest BCUT2D eigenvalue weighted by Gasteiger charge is -1.99. The van der Waals surface area contributed by atoms with Gasteiger partial charge in [0.2, 0.25) is 0 Å². The molecule has 2 heterocycles. The zero-order valence-corrected chi connectivity index (χ0v) is 7.35. The minimum Gasteiger partial charge on any atom is -0.504 e. The van der Waals surface area contributed by atoms with Crippen LogP contribution in [-0.2, 0) is 0 Å². The lowest BCUT2D eigenvalue weighted by Crippen LogP contribution is -1.97. The predicted octanol–water partition coefficient (Wildman–Crippen LogP) is 0.790. The van der Waals surface area contributed by atoms with Crippen LogP contribution in [0.3, 0.4) is 0 Å². The first-order valence-corrected chi connectivity index (χ1v) is 3.38. The third-order valence-electron chi connectivity index (χ3n) is 1.41. The lowest BCUT2D eigenvalue weighted by atomic mass is 10.4. The van der Waals surface area contributed by atoms with Gasteiger partial charge in [0, 0.05) is 6.20 Å². The van der Waals surface area contributed by atoms with Gasteiger partial charge in [-0.15, -0.1) is 17.5 Å². The molecule has 1 N–H and O–H groups in total. The molecule has 0 unspecified atom stereocenters. The van der Waals surface area contributed by atoms with Gasteiger partial charge in [0.25, 0.3) is 0 Å². The molecule has 0 radical (unpaired) electrons. The molecule has 2 aromatic rings. The standard InChI is InChI=1S/C7H6N4O.ClH/c12-6-2-1-3-8-7(6)11-5-4-9-10-11;/h1-5,12H;1H. The van der Waals surface area contributed by atoms with Crippen LogP contribution in [0.2, 0.25) is 0 Å². The number of rotatable bonds is 1. The van der Waals surface area contributed by atoms with Crippen molar-refractivity contribution in [1.29, 1.82) is 0 Å². The molecule has 0 saturated carbocycles. The number of hydrogen-bond acceptors (Lipinski definition) is 4. The summed E-state index contributed by atoms with van der Waals surface area (Å²) in [6, 6.07) is 3.19. The molecule has 0 aliphatic carbocycles. The smallest absolute Gasteiger partial charge is 0.197 e. The van der Waals surface area contributed by atoms with Gasteiger partial charge in [-0.3, -0.25) is 0 Å². The van der Waals surface area contributed by atoms with Gasteiger partial charge >= 0.3 is 0 Å². The molecule has 0 aliphatic heterocycles. The van der Waals surface area contributed by atoms with Crippen molar-refractivity contribution in [2.24, 2.45) is 0 Å². The monoisotopic (exact) mass is 198 g/mol. The average molecular weight is 199 g/mol. The molecule has 0 aromatic carbocycles. The molecule has 6 heteroatoms. The number of hydrogen-bond donors (Lipinski definition) is 1. The molecule has 13 heavy (non-hydrogen) atoms. The van der Waals surface area contributed by atoms with E-state index in [9.17, 15) is 5.11 Å². The maximum atomic E-state index is 9.33. The van der Waals surface area contributed by atoms with E-state index in [4.69, 9.17) is 0 Å². The fourth-order valence-corrected chi connectivity index (χ4v) is 0.886. The molecule has 2 aromatic heterocycles. The van der Waals surface area contributed by atoms with Gasteiger partial charge in [-0.25, -0.2) is 4.98 Å². The summed E-state index contributed by atoms with van der Waals surface area (Å²) >= 11 is 0. The van der Waals surface area contributed by atoms with Crippen LogP contribution in [0.15, 0.2) is 30.7 Å². The van der Waals surface area contributed by atoms with Gasteiger partial charge in [0.05, 0.1) is 12.4 Å². The number of pyridine rings is 1. The van der Waals surface area contributed by atoms with Crippen molar-refractivity contribution in [3.8, 4) is 11.6 Å². The van der Waals surface area contributed by atoms with Gasteiger partial charge < -0.3 is 5.11 Å². The normalized spacial score (nSPS) is 9.23. The second kappa shape index (κ2) is 3.86. The van der Waals surface area contributed by atoms with Crippen molar-refractivity contribution >= 4 is 12.4 Å². The topological polar surface area (TPSA) is 63.8 Å². The zero-order valence-electron chi connectivity index (χ0n) is 6.53. The fourth-order valence-electron chi connectivity index (χ4n) is 0.886. The Morgan fingerprint density at radius 3 is 2.77 bits per heavy atom. The van der Waals surface area contributed by atoms with Crippen LogP contribution >= 0.6 is 12.4 Å². The zero-order chi connectivity index (χ0) is 8.39. The van der Waals surface area contributed by atoms with Gasteiger partial charge in [0.1, 0.15) is 0 Å². The van der Waals surface area contributed by atoms with E-state index in [0.29, 0.717) is 5.82 Å². The summed E-state index contributed by atoms with van der Waals surface area (Å²) in [6.07, 6.45) is 4.72. The summed E-state index contributed by atoms with van der Waals surface area (Å²) in [6.45, 7) is 0. The molecule has 68 valence electrons. The van der Waals surface area contributed by atoms with Gasteiger partial charge in [0.15, 0.2) is 11.6 Å². The molecule has 0 atom stereocenters. The van der Waals surface area contributed by atoms with Crippen LogP contribution in [0.4, 0.5) is 0 Å². The highest BCUT2D eigenvalue weighted by atomic mass is 35.5. The van der Waals surface area contributed by atoms with Crippen LogP contribution in [0.25, 0.3) is 5.82 Å². The highest BCUT2D eigenvalue weighted by molar-refractivity contribution is 5.85. The second-order valence-corrected chi connectivity index (χ2v) is 2.19. The number of aromatic nitrogens is 4. The highest BCUT2D eigenvalue weighted by Crippen LogP contribution is 2.15. The molecular formula is C7H7ClN4O. The first-order chi connectivity index (χ1) is 5.88. The minimum atomic E-state index is 0. The van der Waals surface area contributed by atoms with E-state index >= 15 is 0 Å². The van der Waals surface area contributed by atoms with Crippen LogP contribution in [0, 0.1) is 0 Å².